The van der Waals surface area contributed by atoms with Crippen molar-refractivity contribution in [3.05, 3.63) is 35.2 Å². The molecule has 164 valence electrons. The summed E-state index contributed by atoms with van der Waals surface area (Å²) in [7, 11) is -3.97. The van der Waals surface area contributed by atoms with Gasteiger partial charge < -0.3 is 9.84 Å². The van der Waals surface area contributed by atoms with Gasteiger partial charge in [-0.1, -0.05) is 19.4 Å². The molecule has 1 aromatic heterocycles. The SMILES string of the molecule is CCCCn1nnnc1COC(=O)[C@@H]1CC(O)CN1S(=O)(=O)c1ccc(C)c(C)c1. The number of rotatable bonds is 8. The smallest absolute Gasteiger partial charge is 0.325 e. The number of ether oxygens (including phenoxy) is 1. The van der Waals surface area contributed by atoms with Crippen LogP contribution >= 0.6 is 0 Å². The van der Waals surface area contributed by atoms with E-state index < -0.39 is 28.1 Å². The molecule has 1 fully saturated rings. The number of esters is 1. The lowest BCUT2D eigenvalue weighted by atomic mass is 10.1. The highest BCUT2D eigenvalue weighted by molar-refractivity contribution is 7.89. The third kappa shape index (κ3) is 4.68. The summed E-state index contributed by atoms with van der Waals surface area (Å²) in [4.78, 5) is 12.8. The molecule has 30 heavy (non-hydrogen) atoms. The Kier molecular flexibility index (Phi) is 6.84. The van der Waals surface area contributed by atoms with Gasteiger partial charge in [0.05, 0.1) is 11.0 Å². The second kappa shape index (κ2) is 9.19. The Balaban J connectivity index is 1.75. The quantitative estimate of drug-likeness (QED) is 0.605. The molecule has 1 aliphatic heterocycles. The van der Waals surface area contributed by atoms with Gasteiger partial charge >= 0.3 is 5.97 Å². The number of carbonyl (C=O) groups is 1. The molecular formula is C19H27N5O5S. The molecule has 2 heterocycles. The summed E-state index contributed by atoms with van der Waals surface area (Å²) in [5.74, 6) is -0.345. The van der Waals surface area contributed by atoms with E-state index >= 15 is 0 Å². The maximum absolute atomic E-state index is 13.1. The minimum absolute atomic E-state index is 0.0241. The van der Waals surface area contributed by atoms with Crippen molar-refractivity contribution in [2.24, 2.45) is 0 Å². The molecule has 0 bridgehead atoms. The largest absolute Gasteiger partial charge is 0.456 e. The summed E-state index contributed by atoms with van der Waals surface area (Å²) >= 11 is 0. The van der Waals surface area contributed by atoms with Crippen LogP contribution in [0.25, 0.3) is 0 Å². The number of benzene rings is 1. The minimum atomic E-state index is -3.97. The van der Waals surface area contributed by atoms with Crippen LogP contribution in [-0.4, -0.2) is 62.7 Å². The summed E-state index contributed by atoms with van der Waals surface area (Å²) in [5.41, 5.74) is 1.79. The first kappa shape index (κ1) is 22.3. The van der Waals surface area contributed by atoms with Gasteiger partial charge in [0.1, 0.15) is 6.04 Å². The fourth-order valence-electron chi connectivity index (χ4n) is 3.31. The number of aliphatic hydroxyl groups excluding tert-OH is 1. The van der Waals surface area contributed by atoms with Gasteiger partial charge in [0, 0.05) is 19.5 Å². The molecule has 1 saturated heterocycles. The molecule has 1 aromatic carbocycles. The molecule has 11 heteroatoms. The van der Waals surface area contributed by atoms with Crippen LogP contribution in [0, 0.1) is 13.8 Å². The van der Waals surface area contributed by atoms with Gasteiger partial charge in [-0.25, -0.2) is 13.1 Å². The molecule has 10 nitrogen and oxygen atoms in total. The summed E-state index contributed by atoms with van der Waals surface area (Å²) in [5, 5.41) is 21.4. The zero-order valence-corrected chi connectivity index (χ0v) is 18.2. The van der Waals surface area contributed by atoms with Crippen molar-refractivity contribution in [1.29, 1.82) is 0 Å². The number of β-amino-alcohol motifs (C(OH)–C–C–N with tert-alkyl or cyclic N) is 1. The summed E-state index contributed by atoms with van der Waals surface area (Å²) < 4.78 is 34.2. The third-order valence-electron chi connectivity index (χ3n) is 5.26. The summed E-state index contributed by atoms with van der Waals surface area (Å²) in [6.45, 7) is 6.02. The van der Waals surface area contributed by atoms with Gasteiger partial charge in [-0.15, -0.1) is 5.10 Å². The van der Waals surface area contributed by atoms with Crippen LogP contribution in [0.2, 0.25) is 0 Å². The molecule has 3 rings (SSSR count). The van der Waals surface area contributed by atoms with E-state index in [1.165, 1.54) is 6.07 Å². The average Bonchev–Trinajstić information content (AvgIpc) is 3.33. The van der Waals surface area contributed by atoms with E-state index in [1.807, 2.05) is 20.8 Å². The van der Waals surface area contributed by atoms with E-state index in [0.717, 1.165) is 28.3 Å². The van der Waals surface area contributed by atoms with Crippen molar-refractivity contribution in [3.8, 4) is 0 Å². The fourth-order valence-corrected chi connectivity index (χ4v) is 5.03. The third-order valence-corrected chi connectivity index (χ3v) is 7.13. The van der Waals surface area contributed by atoms with E-state index in [-0.39, 0.29) is 24.5 Å². The standard InChI is InChI=1S/C19H27N5O5S/c1-4-5-8-23-18(20-21-22-23)12-29-19(26)17-10-15(25)11-24(17)30(27,28)16-7-6-13(2)14(3)9-16/h6-7,9,15,17,25H,4-5,8,10-12H2,1-3H3/t15?,17-/m0/s1. The second-order valence-electron chi connectivity index (χ2n) is 7.51. The first-order chi connectivity index (χ1) is 14.2. The van der Waals surface area contributed by atoms with Crippen LogP contribution in [0.15, 0.2) is 23.1 Å². The Morgan fingerprint density at radius 2 is 2.07 bits per heavy atom. The number of tetrazole rings is 1. The molecule has 0 amide bonds. The van der Waals surface area contributed by atoms with E-state index in [9.17, 15) is 18.3 Å². The molecule has 0 aliphatic carbocycles. The number of sulfonamides is 1. The van der Waals surface area contributed by atoms with Gasteiger partial charge in [0.25, 0.3) is 0 Å². The Morgan fingerprint density at radius 3 is 2.77 bits per heavy atom. The number of hydrogen-bond acceptors (Lipinski definition) is 8. The van der Waals surface area contributed by atoms with Crippen LogP contribution in [-0.2, 0) is 32.7 Å². The first-order valence-electron chi connectivity index (χ1n) is 9.93. The van der Waals surface area contributed by atoms with E-state index in [2.05, 4.69) is 15.5 Å². The van der Waals surface area contributed by atoms with E-state index in [4.69, 9.17) is 4.74 Å². The number of carbonyl (C=O) groups excluding carboxylic acids is 1. The molecule has 1 N–H and O–H groups in total. The van der Waals surface area contributed by atoms with Crippen molar-refractivity contribution >= 4 is 16.0 Å². The molecule has 2 aromatic rings. The molecular weight excluding hydrogens is 410 g/mol. The topological polar surface area (TPSA) is 128 Å². The minimum Gasteiger partial charge on any atom is -0.456 e. The fraction of sp³-hybridized carbons (Fsp3) is 0.579. The number of aryl methyl sites for hydroxylation is 3. The monoisotopic (exact) mass is 437 g/mol. The lowest BCUT2D eigenvalue weighted by Gasteiger charge is -2.22. The van der Waals surface area contributed by atoms with E-state index in [1.54, 1.807) is 16.8 Å². The molecule has 2 atom stereocenters. The number of nitrogens with zero attached hydrogens (tertiary/aromatic N) is 5. The first-order valence-corrected chi connectivity index (χ1v) is 11.4. The molecule has 1 unspecified atom stereocenters. The highest BCUT2D eigenvalue weighted by Gasteiger charge is 2.44. The highest BCUT2D eigenvalue weighted by Crippen LogP contribution is 2.28. The molecule has 0 spiro atoms. The normalized spacial score (nSPS) is 19.9. The van der Waals surface area contributed by atoms with Crippen molar-refractivity contribution < 1.29 is 23.1 Å². The maximum atomic E-state index is 13.1. The Morgan fingerprint density at radius 1 is 1.30 bits per heavy atom. The van der Waals surface area contributed by atoms with Gasteiger partial charge in [-0.05, 0) is 54.0 Å². The predicted molar refractivity (Wildman–Crippen MR) is 107 cm³/mol. The average molecular weight is 438 g/mol. The number of aliphatic hydroxyl groups is 1. The summed E-state index contributed by atoms with van der Waals surface area (Å²) in [6, 6.07) is 3.69. The van der Waals surface area contributed by atoms with Crippen molar-refractivity contribution in [2.45, 2.75) is 70.2 Å². The van der Waals surface area contributed by atoms with Gasteiger partial charge in [-0.2, -0.15) is 4.31 Å². The van der Waals surface area contributed by atoms with Crippen LogP contribution in [0.4, 0.5) is 0 Å². The zero-order valence-electron chi connectivity index (χ0n) is 17.4. The van der Waals surface area contributed by atoms with Crippen LogP contribution in [0.3, 0.4) is 0 Å². The lowest BCUT2D eigenvalue weighted by molar-refractivity contribution is -0.149. The summed E-state index contributed by atoms with van der Waals surface area (Å²) in [6.07, 6.45) is 0.871. The van der Waals surface area contributed by atoms with Gasteiger partial charge in [-0.3, -0.25) is 4.79 Å². The molecule has 1 aliphatic rings. The van der Waals surface area contributed by atoms with Gasteiger partial charge in [0.2, 0.25) is 10.0 Å². The number of aromatic nitrogens is 4. The van der Waals surface area contributed by atoms with Crippen molar-refractivity contribution in [2.75, 3.05) is 6.54 Å². The predicted octanol–water partition coefficient (Wildman–Crippen LogP) is 0.957. The van der Waals surface area contributed by atoms with Gasteiger partial charge in [0.15, 0.2) is 12.4 Å². The van der Waals surface area contributed by atoms with Crippen LogP contribution in [0.5, 0.6) is 0 Å². The highest BCUT2D eigenvalue weighted by atomic mass is 32.2. The maximum Gasteiger partial charge on any atom is 0.325 e. The molecule has 0 radical (unpaired) electrons. The number of unbranched alkanes of at least 4 members (excludes halogenated alkanes) is 1. The van der Waals surface area contributed by atoms with Crippen LogP contribution in [0.1, 0.15) is 43.1 Å². The Labute approximate surface area is 175 Å². The van der Waals surface area contributed by atoms with Crippen molar-refractivity contribution in [1.82, 2.24) is 24.5 Å². The molecule has 0 saturated carbocycles. The number of hydrogen-bond donors (Lipinski definition) is 1. The van der Waals surface area contributed by atoms with Crippen molar-refractivity contribution in [3.63, 3.8) is 0 Å². The van der Waals surface area contributed by atoms with E-state index in [0.29, 0.717) is 12.4 Å². The zero-order chi connectivity index (χ0) is 21.9. The van der Waals surface area contributed by atoms with Crippen LogP contribution < -0.4 is 0 Å². The lowest BCUT2D eigenvalue weighted by Crippen LogP contribution is -2.41. The Bertz CT molecular complexity index is 1010. The second-order valence-corrected chi connectivity index (χ2v) is 9.40. The Hall–Kier alpha value is -2.37.